The SMILES string of the molecule is CC[Si](CC)(CC)O[C@H]1C[C@H]2OC[C@@]2(OC(C)=O)C2[C@H](OC(=O)c3ccccc3)[C@]34OC(=O)O[C@H]3[C@H](O)C(C)=C([C@@H](OC(C)=O)C(=O)[C@@]21C)C4(C)C. The van der Waals surface area contributed by atoms with Gasteiger partial charge in [-0.1, -0.05) is 52.8 Å². The molecule has 1 aromatic rings. The molecule has 1 N–H and O–H groups in total. The Labute approximate surface area is 304 Å². The second-order valence-corrected chi connectivity index (χ2v) is 20.3. The summed E-state index contributed by atoms with van der Waals surface area (Å²) in [4.78, 5) is 69.8. The molecule has 2 bridgehead atoms. The van der Waals surface area contributed by atoms with Crippen LogP contribution in [-0.4, -0.2) is 97.7 Å². The van der Waals surface area contributed by atoms with E-state index in [1.165, 1.54) is 13.8 Å². The second kappa shape index (κ2) is 13.1. The van der Waals surface area contributed by atoms with Gasteiger partial charge in [0.15, 0.2) is 38.0 Å². The summed E-state index contributed by atoms with van der Waals surface area (Å²) in [7, 11) is -2.54. The third-order valence-corrected chi connectivity index (χ3v) is 17.6. The molecule has 52 heavy (non-hydrogen) atoms. The van der Waals surface area contributed by atoms with E-state index < -0.39 is 103 Å². The van der Waals surface area contributed by atoms with E-state index in [4.69, 9.17) is 32.8 Å². The second-order valence-electron chi connectivity index (χ2n) is 15.6. The molecule has 6 rings (SSSR count). The quantitative estimate of drug-likeness (QED) is 0.158. The summed E-state index contributed by atoms with van der Waals surface area (Å²) in [6, 6.07) is 10.4. The molecule has 2 heterocycles. The summed E-state index contributed by atoms with van der Waals surface area (Å²) in [6.45, 7) is 15.0. The summed E-state index contributed by atoms with van der Waals surface area (Å²) in [5.74, 6) is -4.18. The van der Waals surface area contributed by atoms with E-state index in [-0.39, 0.29) is 29.7 Å². The smallest absolute Gasteiger partial charge is 0.454 e. The predicted octanol–water partition coefficient (Wildman–Crippen LogP) is 4.84. The van der Waals surface area contributed by atoms with E-state index in [2.05, 4.69) is 20.8 Å². The van der Waals surface area contributed by atoms with Crippen LogP contribution in [0.1, 0.15) is 79.1 Å². The van der Waals surface area contributed by atoms with Crippen molar-refractivity contribution in [2.75, 3.05) is 6.61 Å². The first-order valence-electron chi connectivity index (χ1n) is 18.2. The van der Waals surface area contributed by atoms with E-state index in [0.29, 0.717) is 0 Å². The summed E-state index contributed by atoms with van der Waals surface area (Å²) < 4.78 is 44.3. The fourth-order valence-corrected chi connectivity index (χ4v) is 13.0. The minimum atomic E-state index is -2.54. The molecule has 2 saturated heterocycles. The Morgan fingerprint density at radius 3 is 2.13 bits per heavy atom. The molecule has 14 heteroatoms. The topological polar surface area (TPSA) is 170 Å². The van der Waals surface area contributed by atoms with Crippen molar-refractivity contribution in [1.82, 2.24) is 0 Å². The third kappa shape index (κ3) is 5.22. The lowest BCUT2D eigenvalue weighted by Gasteiger charge is -2.68. The maximum Gasteiger partial charge on any atom is 0.509 e. The van der Waals surface area contributed by atoms with Crippen molar-refractivity contribution >= 4 is 38.2 Å². The monoisotopic (exact) mass is 742 g/mol. The van der Waals surface area contributed by atoms with Crippen LogP contribution in [-0.2, 0) is 47.2 Å². The Hall–Kier alpha value is -3.59. The molecule has 13 nitrogen and oxygen atoms in total. The molecule has 1 spiro atoms. The van der Waals surface area contributed by atoms with Crippen molar-refractivity contribution < 1.29 is 61.9 Å². The van der Waals surface area contributed by atoms with Crippen LogP contribution < -0.4 is 0 Å². The van der Waals surface area contributed by atoms with Crippen molar-refractivity contribution in [3.8, 4) is 0 Å². The van der Waals surface area contributed by atoms with Gasteiger partial charge in [0.2, 0.25) is 5.60 Å². The molecule has 3 aliphatic carbocycles. The number of rotatable bonds is 9. The molecule has 4 fully saturated rings. The number of aliphatic hydroxyl groups is 1. The van der Waals surface area contributed by atoms with Crippen molar-refractivity contribution in [3.63, 3.8) is 0 Å². The number of carbonyl (C=O) groups excluding carboxylic acids is 5. The zero-order valence-corrected chi connectivity index (χ0v) is 32.3. The first kappa shape index (κ1) is 38.1. The lowest BCUT2D eigenvalue weighted by atomic mass is 9.44. The van der Waals surface area contributed by atoms with E-state index in [1.54, 1.807) is 58.0 Å². The van der Waals surface area contributed by atoms with Crippen molar-refractivity contribution in [3.05, 3.63) is 47.0 Å². The minimum Gasteiger partial charge on any atom is -0.454 e. The predicted molar refractivity (Wildman–Crippen MR) is 185 cm³/mol. The normalized spacial score (nSPS) is 37.5. The number of hydrogen-bond acceptors (Lipinski definition) is 13. The van der Waals surface area contributed by atoms with Crippen molar-refractivity contribution in [2.45, 2.75) is 135 Å². The first-order chi connectivity index (χ1) is 24.4. The summed E-state index contributed by atoms with van der Waals surface area (Å²) in [5.41, 5.74) is -6.33. The number of benzene rings is 1. The fraction of sp³-hybridized carbons (Fsp3) is 0.658. The summed E-state index contributed by atoms with van der Waals surface area (Å²) >= 11 is 0. The highest BCUT2D eigenvalue weighted by Crippen LogP contribution is 2.67. The first-order valence-corrected chi connectivity index (χ1v) is 20.7. The van der Waals surface area contributed by atoms with E-state index in [0.717, 1.165) is 18.1 Å². The molecule has 1 aromatic carbocycles. The lowest BCUT2D eigenvalue weighted by Crippen LogP contribution is -2.83. The average molecular weight is 743 g/mol. The Kier molecular flexibility index (Phi) is 9.58. The molecule has 0 amide bonds. The zero-order chi connectivity index (χ0) is 38.2. The van der Waals surface area contributed by atoms with Crippen molar-refractivity contribution in [2.24, 2.45) is 16.7 Å². The number of carbonyl (C=O) groups is 5. The van der Waals surface area contributed by atoms with Crippen LogP contribution in [0.15, 0.2) is 41.5 Å². The molecule has 5 aliphatic rings. The van der Waals surface area contributed by atoms with Gasteiger partial charge in [0.1, 0.15) is 12.2 Å². The number of hydrogen-bond donors (Lipinski definition) is 1. The molecular weight excluding hydrogens is 692 g/mol. The Morgan fingerprint density at radius 1 is 0.962 bits per heavy atom. The standard InChI is InChI=1S/C38H50O13Si/c1-10-52(11-2,12-3)51-24-18-25-37(19-45-25,49-22(6)40)29-32(47-33(43)23-16-14-13-15-17-23)38-31(48-34(44)50-38)27(41)20(4)26(35(38,7)8)28(46-21(5)39)30(42)36(24,29)9/h13-17,24-25,27-29,31-32,41H,10-12,18-19H2,1-9H3/t24-,25+,27+,28+,29?,31-,32-,36+,37-,38+/m0/s1. The van der Waals surface area contributed by atoms with Gasteiger partial charge >= 0.3 is 24.1 Å². The number of ether oxygens (including phenoxy) is 6. The van der Waals surface area contributed by atoms with Crippen LogP contribution in [0.4, 0.5) is 4.79 Å². The number of Topliss-reactive ketones (excluding diaryl/α,β-unsaturated/α-hetero) is 1. The molecule has 0 radical (unpaired) electrons. The van der Waals surface area contributed by atoms with E-state index >= 15 is 4.79 Å². The number of aliphatic hydroxyl groups excluding tert-OH is 1. The summed E-state index contributed by atoms with van der Waals surface area (Å²) in [6.07, 6.45) is -9.00. The number of fused-ring (bicyclic) bond motifs is 4. The Bertz CT molecular complexity index is 1680. The number of ketones is 1. The van der Waals surface area contributed by atoms with Gasteiger partial charge in [0, 0.05) is 25.7 Å². The molecule has 284 valence electrons. The van der Waals surface area contributed by atoms with Crippen LogP contribution in [0.3, 0.4) is 0 Å². The molecule has 10 atom stereocenters. The Morgan fingerprint density at radius 2 is 1.60 bits per heavy atom. The highest BCUT2D eigenvalue weighted by atomic mass is 28.4. The van der Waals surface area contributed by atoms with Crippen LogP contribution in [0, 0.1) is 16.7 Å². The lowest BCUT2D eigenvalue weighted by molar-refractivity contribution is -0.344. The molecule has 2 saturated carbocycles. The molecule has 0 aromatic heterocycles. The number of esters is 3. The average Bonchev–Trinajstić information content (AvgIpc) is 3.47. The Balaban J connectivity index is 1.74. The van der Waals surface area contributed by atoms with Crippen LogP contribution in [0.2, 0.25) is 18.1 Å². The van der Waals surface area contributed by atoms with Gasteiger partial charge < -0.3 is 38.0 Å². The molecular formula is C38H50O13Si. The van der Waals surface area contributed by atoms with Gasteiger partial charge in [0.05, 0.1) is 29.6 Å². The summed E-state index contributed by atoms with van der Waals surface area (Å²) in [5, 5.41) is 12.0. The molecule has 1 unspecified atom stereocenters. The highest BCUT2D eigenvalue weighted by molar-refractivity contribution is 6.73. The van der Waals surface area contributed by atoms with Crippen LogP contribution in [0.5, 0.6) is 0 Å². The van der Waals surface area contributed by atoms with Gasteiger partial charge in [-0.2, -0.15) is 0 Å². The maximum absolute atomic E-state index is 15.8. The van der Waals surface area contributed by atoms with Crippen LogP contribution in [0.25, 0.3) is 0 Å². The van der Waals surface area contributed by atoms with Gasteiger partial charge in [-0.3, -0.25) is 14.4 Å². The van der Waals surface area contributed by atoms with E-state index in [1.807, 2.05) is 0 Å². The van der Waals surface area contributed by atoms with Crippen molar-refractivity contribution in [1.29, 1.82) is 0 Å². The molecule has 2 aliphatic heterocycles. The third-order valence-electron chi connectivity index (χ3n) is 13.0. The zero-order valence-electron chi connectivity index (χ0n) is 31.3. The van der Waals surface area contributed by atoms with Gasteiger partial charge in [-0.05, 0) is 55.3 Å². The minimum absolute atomic E-state index is 0.129. The van der Waals surface area contributed by atoms with Gasteiger partial charge in [-0.25, -0.2) is 9.59 Å². The fourth-order valence-electron chi connectivity index (χ4n) is 10.1. The van der Waals surface area contributed by atoms with Gasteiger partial charge in [-0.15, -0.1) is 0 Å². The largest absolute Gasteiger partial charge is 0.509 e. The van der Waals surface area contributed by atoms with Crippen LogP contribution >= 0.6 is 0 Å². The van der Waals surface area contributed by atoms with E-state index in [9.17, 15) is 24.3 Å². The van der Waals surface area contributed by atoms with Gasteiger partial charge in [0.25, 0.3) is 0 Å². The highest BCUT2D eigenvalue weighted by Gasteiger charge is 2.83. The maximum atomic E-state index is 15.8.